The Hall–Kier alpha value is -1.12. The number of phenols is 1. The molecular weight excluding hydrogens is 757 g/mol. The summed E-state index contributed by atoms with van der Waals surface area (Å²) in [6, 6.07) is 10.4. The molecule has 1 heterocycles. The van der Waals surface area contributed by atoms with Crippen molar-refractivity contribution in [3.8, 4) is 5.75 Å². The summed E-state index contributed by atoms with van der Waals surface area (Å²) in [5.41, 5.74) is -0.817. The Morgan fingerprint density at radius 2 is 1.58 bits per heavy atom. The Bertz CT molecular complexity index is 2280. The number of fused-ring (bicyclic) bond motifs is 2. The average Bonchev–Trinajstić information content (AvgIpc) is 2.96. The van der Waals surface area contributed by atoms with Crippen LogP contribution in [0.15, 0.2) is 79.5 Å². The zero-order valence-electron chi connectivity index (χ0n) is 24.5. The van der Waals surface area contributed by atoms with Gasteiger partial charge in [0.15, 0.2) is 11.6 Å². The first-order chi connectivity index (χ1) is 21.2. The first-order valence-corrected chi connectivity index (χ1v) is 15.6. The predicted molar refractivity (Wildman–Crippen MR) is 148 cm³/mol. The van der Waals surface area contributed by atoms with Crippen molar-refractivity contribution < 1.29 is 143 Å². The molecule has 4 aromatic carbocycles. The maximum atomic E-state index is 13.7. The number of aromatic nitrogens is 2. The largest absolute Gasteiger partial charge is 1.00 e. The monoisotopic (exact) mass is 767 g/mol. The molecule has 15 nitrogen and oxygen atoms in total. The molecule has 24 heteroatoms. The SMILES string of the molecule is O=S(=O)([O-])c1cccc2c(S(=O)(=O)[O-])c(N=Nc3c(SOO[O-])cc4cc(Nc5nc(F)nc(F)c5Cl)ccc4c3O)ccc12.[Na+].[Na+].[Na+]. The third kappa shape index (κ3) is 9.40. The van der Waals surface area contributed by atoms with Crippen LogP contribution >= 0.6 is 23.6 Å². The third-order valence-electron chi connectivity index (χ3n) is 5.98. The fourth-order valence-corrected chi connectivity index (χ4v) is 6.34. The van der Waals surface area contributed by atoms with Crippen molar-refractivity contribution in [2.75, 3.05) is 5.32 Å². The van der Waals surface area contributed by atoms with Gasteiger partial charge in [0, 0.05) is 21.8 Å². The van der Waals surface area contributed by atoms with Crippen molar-refractivity contribution >= 4 is 88.3 Å². The van der Waals surface area contributed by atoms with E-state index in [0.717, 1.165) is 30.3 Å². The van der Waals surface area contributed by atoms with Crippen LogP contribution in [0.2, 0.25) is 5.02 Å². The number of nitrogens with zero attached hydrogens (tertiary/aromatic N) is 4. The summed E-state index contributed by atoms with van der Waals surface area (Å²) in [7, 11) is -10.4. The van der Waals surface area contributed by atoms with Crippen LogP contribution in [0.5, 0.6) is 5.75 Å². The van der Waals surface area contributed by atoms with Crippen LogP contribution in [-0.2, 0) is 29.6 Å². The number of phenolic OH excluding ortho intramolecular Hbond substituents is 1. The van der Waals surface area contributed by atoms with Crippen LogP contribution in [0.4, 0.5) is 31.7 Å². The molecule has 0 bridgehead atoms. The molecule has 0 unspecified atom stereocenters. The molecule has 0 saturated carbocycles. The van der Waals surface area contributed by atoms with Crippen molar-refractivity contribution in [3.05, 3.63) is 71.6 Å². The summed E-state index contributed by atoms with van der Waals surface area (Å²) < 4.78 is 103. The van der Waals surface area contributed by atoms with E-state index in [-0.39, 0.29) is 127 Å². The maximum Gasteiger partial charge on any atom is 1.00 e. The first kappa shape index (κ1) is 43.0. The minimum absolute atomic E-state index is 0. The molecule has 0 aliphatic carbocycles. The standard InChI is InChI=1S/C24H14ClF2N5O10S3.3Na/c25-18-22(26)29-24(27)30-23(18)28-11-4-5-12-10(8-11)9-16(43-42-41-34)19(20(12)33)32-31-15-7-6-13-14(21(15)45(38,39)40)2-1-3-17(13)44(35,36)37;;;/h1-9,33-34H,(H,28,29,30)(H,35,36,37)(H,38,39,40);;;/q;3*+1/p-3. The molecule has 0 atom stereocenters. The molecule has 0 radical (unpaired) electrons. The second kappa shape index (κ2) is 17.4. The predicted octanol–water partition coefficient (Wildman–Crippen LogP) is -4.37. The molecule has 0 aliphatic heterocycles. The van der Waals surface area contributed by atoms with Gasteiger partial charge in [0.25, 0.3) is 0 Å². The molecule has 0 fully saturated rings. The summed E-state index contributed by atoms with van der Waals surface area (Å²) in [4.78, 5) is 4.33. The second-order valence-electron chi connectivity index (χ2n) is 8.67. The number of halogens is 3. The van der Waals surface area contributed by atoms with Gasteiger partial charge in [-0.15, -0.1) is 10.2 Å². The minimum Gasteiger partial charge on any atom is -0.744 e. The fraction of sp³-hybridized carbons (Fsp3) is 0. The molecule has 5 rings (SSSR count). The van der Waals surface area contributed by atoms with Gasteiger partial charge in [-0.3, -0.25) is 5.04 Å². The molecule has 48 heavy (non-hydrogen) atoms. The number of azo groups is 1. The number of hydrogen-bond acceptors (Lipinski definition) is 16. The molecule has 0 amide bonds. The van der Waals surface area contributed by atoms with Gasteiger partial charge in [-0.1, -0.05) is 29.8 Å². The summed E-state index contributed by atoms with van der Waals surface area (Å²) in [5.74, 6) is -2.32. The Morgan fingerprint density at radius 3 is 2.23 bits per heavy atom. The molecule has 0 aliphatic rings. The number of rotatable bonds is 9. The third-order valence-corrected chi connectivity index (χ3v) is 8.75. The number of hydrogen-bond donors (Lipinski definition) is 2. The second-order valence-corrected chi connectivity index (χ2v) is 12.5. The van der Waals surface area contributed by atoms with Crippen LogP contribution in [0.25, 0.3) is 21.5 Å². The van der Waals surface area contributed by atoms with E-state index in [0.29, 0.717) is 0 Å². The van der Waals surface area contributed by atoms with E-state index in [4.69, 9.17) is 11.6 Å². The van der Waals surface area contributed by atoms with Gasteiger partial charge in [0.05, 0.1) is 26.7 Å². The van der Waals surface area contributed by atoms with Crippen LogP contribution < -0.4 is 99.2 Å². The van der Waals surface area contributed by atoms with Crippen molar-refractivity contribution in [1.29, 1.82) is 0 Å². The van der Waals surface area contributed by atoms with Crippen LogP contribution in [0, 0.1) is 12.0 Å². The fourth-order valence-electron chi connectivity index (χ4n) is 4.21. The molecule has 0 spiro atoms. The van der Waals surface area contributed by atoms with Gasteiger partial charge in [-0.2, -0.15) is 23.1 Å². The van der Waals surface area contributed by atoms with Gasteiger partial charge < -0.3 is 24.8 Å². The minimum atomic E-state index is -5.36. The van der Waals surface area contributed by atoms with E-state index in [2.05, 4.69) is 34.9 Å². The summed E-state index contributed by atoms with van der Waals surface area (Å²) >= 11 is 6.05. The first-order valence-electron chi connectivity index (χ1n) is 11.7. The van der Waals surface area contributed by atoms with Crippen molar-refractivity contribution in [2.24, 2.45) is 10.2 Å². The van der Waals surface area contributed by atoms with Crippen LogP contribution in [-0.4, -0.2) is 41.0 Å². The number of nitrogens with one attached hydrogen (secondary N) is 1. The maximum absolute atomic E-state index is 13.7. The van der Waals surface area contributed by atoms with E-state index < -0.39 is 75.4 Å². The molecule has 0 saturated heterocycles. The van der Waals surface area contributed by atoms with Gasteiger partial charge in [0.1, 0.15) is 36.6 Å². The van der Waals surface area contributed by atoms with E-state index >= 15 is 0 Å². The summed E-state index contributed by atoms with van der Waals surface area (Å²) in [6.07, 6.45) is -1.39. The van der Waals surface area contributed by atoms with Crippen molar-refractivity contribution in [3.63, 3.8) is 0 Å². The van der Waals surface area contributed by atoms with Gasteiger partial charge in [-0.05, 0) is 41.8 Å². The molecular formula is C24H11ClF2N5Na3O10S3. The van der Waals surface area contributed by atoms with Crippen LogP contribution in [0.1, 0.15) is 0 Å². The van der Waals surface area contributed by atoms with E-state index in [9.17, 15) is 45.1 Å². The Kier molecular flexibility index (Phi) is 15.6. The van der Waals surface area contributed by atoms with Gasteiger partial charge in [0.2, 0.25) is 5.95 Å². The van der Waals surface area contributed by atoms with Crippen LogP contribution in [0.3, 0.4) is 0 Å². The zero-order chi connectivity index (χ0) is 32.7. The zero-order valence-corrected chi connectivity index (χ0v) is 33.7. The quantitative estimate of drug-likeness (QED) is 0.0211. The van der Waals surface area contributed by atoms with E-state index in [1.54, 1.807) is 0 Å². The van der Waals surface area contributed by atoms with Gasteiger partial charge >= 0.3 is 94.8 Å². The number of benzene rings is 4. The summed E-state index contributed by atoms with van der Waals surface area (Å²) in [6.45, 7) is 0. The molecule has 234 valence electrons. The average molecular weight is 768 g/mol. The summed E-state index contributed by atoms with van der Waals surface area (Å²) in [5, 5.41) is 34.1. The number of aromatic hydroxyl groups is 1. The van der Waals surface area contributed by atoms with Crippen molar-refractivity contribution in [2.45, 2.75) is 14.7 Å². The molecule has 2 N–H and O–H groups in total. The Labute approximate surface area is 344 Å². The van der Waals surface area contributed by atoms with Gasteiger partial charge in [-0.25, -0.2) is 16.8 Å². The normalized spacial score (nSPS) is 11.6. The molecule has 5 aromatic rings. The van der Waals surface area contributed by atoms with Crippen molar-refractivity contribution in [1.82, 2.24) is 9.97 Å². The Balaban J connectivity index is 0.00000267. The molecule has 1 aromatic heterocycles. The Morgan fingerprint density at radius 1 is 0.896 bits per heavy atom. The van der Waals surface area contributed by atoms with E-state index in [1.807, 2.05) is 0 Å². The van der Waals surface area contributed by atoms with E-state index in [1.165, 1.54) is 24.3 Å². The number of anilines is 2. The smallest absolute Gasteiger partial charge is 0.744 e. The topological polar surface area (TPSA) is 239 Å².